The highest BCUT2D eigenvalue weighted by Crippen LogP contribution is 2.30. The second-order valence-electron chi connectivity index (χ2n) is 4.96. The van der Waals surface area contributed by atoms with Crippen LogP contribution in [-0.2, 0) is 0 Å². The molecular weight excluding hydrogens is 192 g/mol. The summed E-state index contributed by atoms with van der Waals surface area (Å²) < 4.78 is 0. The molecule has 1 aromatic rings. The van der Waals surface area contributed by atoms with Crippen LogP contribution < -0.4 is 0 Å². The zero-order chi connectivity index (χ0) is 11.4. The minimum Gasteiger partial charge on any atom is -0.0885 e. The average molecular weight is 214 g/mol. The van der Waals surface area contributed by atoms with Crippen molar-refractivity contribution in [3.05, 3.63) is 47.5 Å². The topological polar surface area (TPSA) is 0 Å². The summed E-state index contributed by atoms with van der Waals surface area (Å²) in [6.07, 6.45) is 9.66. The molecule has 16 heavy (non-hydrogen) atoms. The van der Waals surface area contributed by atoms with Gasteiger partial charge in [0.1, 0.15) is 0 Å². The zero-order valence-electron chi connectivity index (χ0n) is 10.4. The summed E-state index contributed by atoms with van der Waals surface area (Å²) in [5, 5.41) is 0. The quantitative estimate of drug-likeness (QED) is 0.619. The van der Waals surface area contributed by atoms with Crippen LogP contribution in [0.5, 0.6) is 0 Å². The lowest BCUT2D eigenvalue weighted by Gasteiger charge is -2.19. The van der Waals surface area contributed by atoms with Crippen LogP contribution in [0.3, 0.4) is 0 Å². The summed E-state index contributed by atoms with van der Waals surface area (Å²) in [6, 6.07) is 9.32. The summed E-state index contributed by atoms with van der Waals surface area (Å²) in [5.41, 5.74) is 3.01. The molecule has 0 saturated carbocycles. The summed E-state index contributed by atoms with van der Waals surface area (Å²) in [5.74, 6) is 1.45. The molecule has 1 aliphatic carbocycles. The minimum atomic E-state index is 0.695. The Kier molecular flexibility index (Phi) is 3.82. The number of hydrogen-bond donors (Lipinski definition) is 0. The smallest absolute Gasteiger partial charge is 0.0124 e. The molecule has 0 nitrogen and oxygen atoms in total. The van der Waals surface area contributed by atoms with E-state index in [2.05, 4.69) is 50.3 Å². The van der Waals surface area contributed by atoms with Crippen molar-refractivity contribution in [1.29, 1.82) is 0 Å². The Balaban J connectivity index is 2.09. The van der Waals surface area contributed by atoms with E-state index in [1.807, 2.05) is 0 Å². The molecule has 2 atom stereocenters. The first kappa shape index (κ1) is 11.4. The summed E-state index contributed by atoms with van der Waals surface area (Å²) in [4.78, 5) is 0. The van der Waals surface area contributed by atoms with E-state index < -0.39 is 0 Å². The molecule has 86 valence electrons. The van der Waals surface area contributed by atoms with Crippen molar-refractivity contribution in [3.8, 4) is 0 Å². The Morgan fingerprint density at radius 1 is 1.19 bits per heavy atom. The molecule has 0 N–H and O–H groups in total. The second kappa shape index (κ2) is 5.34. The van der Waals surface area contributed by atoms with Crippen LogP contribution in [0.15, 0.2) is 36.4 Å². The third-order valence-electron chi connectivity index (χ3n) is 3.86. The van der Waals surface area contributed by atoms with Crippen LogP contribution in [-0.4, -0.2) is 0 Å². The van der Waals surface area contributed by atoms with E-state index in [1.165, 1.54) is 36.8 Å². The molecule has 0 fully saturated rings. The number of rotatable bonds is 3. The van der Waals surface area contributed by atoms with Crippen LogP contribution in [0.1, 0.15) is 62.5 Å². The van der Waals surface area contributed by atoms with Crippen molar-refractivity contribution in [1.82, 2.24) is 0 Å². The van der Waals surface area contributed by atoms with Gasteiger partial charge >= 0.3 is 0 Å². The Bertz CT molecular complexity index is 345. The zero-order valence-corrected chi connectivity index (χ0v) is 10.4. The van der Waals surface area contributed by atoms with Gasteiger partial charge in [-0.2, -0.15) is 0 Å². The predicted molar refractivity (Wildman–Crippen MR) is 70.9 cm³/mol. The van der Waals surface area contributed by atoms with E-state index in [0.29, 0.717) is 5.92 Å². The van der Waals surface area contributed by atoms with Gasteiger partial charge in [0, 0.05) is 0 Å². The summed E-state index contributed by atoms with van der Waals surface area (Å²) >= 11 is 0. The standard InChI is InChI=1S/C16H22/c1-3-13(2)14-9-11-16(12-10-14)15-7-5-4-6-8-15/h4-5,9-13,15H,3,6-8H2,1-2H3. The van der Waals surface area contributed by atoms with Crippen LogP contribution in [0.2, 0.25) is 0 Å². The van der Waals surface area contributed by atoms with Crippen molar-refractivity contribution >= 4 is 0 Å². The van der Waals surface area contributed by atoms with Crippen LogP contribution in [0.4, 0.5) is 0 Å². The van der Waals surface area contributed by atoms with E-state index in [1.54, 1.807) is 0 Å². The molecular formula is C16H22. The van der Waals surface area contributed by atoms with Crippen molar-refractivity contribution in [3.63, 3.8) is 0 Å². The fraction of sp³-hybridized carbons (Fsp3) is 0.500. The van der Waals surface area contributed by atoms with E-state index in [0.717, 1.165) is 5.92 Å². The van der Waals surface area contributed by atoms with E-state index in [-0.39, 0.29) is 0 Å². The number of allylic oxidation sites excluding steroid dienone is 2. The largest absolute Gasteiger partial charge is 0.0885 e. The minimum absolute atomic E-state index is 0.695. The Morgan fingerprint density at radius 3 is 2.50 bits per heavy atom. The number of hydrogen-bond acceptors (Lipinski definition) is 0. The Labute approximate surface area is 99.4 Å². The normalized spacial score (nSPS) is 22.0. The van der Waals surface area contributed by atoms with Crippen LogP contribution in [0.25, 0.3) is 0 Å². The highest BCUT2D eigenvalue weighted by molar-refractivity contribution is 5.28. The lowest BCUT2D eigenvalue weighted by atomic mass is 9.86. The molecule has 1 aliphatic rings. The van der Waals surface area contributed by atoms with Gasteiger partial charge in [0.25, 0.3) is 0 Å². The summed E-state index contributed by atoms with van der Waals surface area (Å²) in [7, 11) is 0. The maximum absolute atomic E-state index is 2.34. The molecule has 0 aromatic heterocycles. The van der Waals surface area contributed by atoms with Gasteiger partial charge in [0.15, 0.2) is 0 Å². The van der Waals surface area contributed by atoms with Gasteiger partial charge in [-0.25, -0.2) is 0 Å². The lowest BCUT2D eigenvalue weighted by Crippen LogP contribution is -2.01. The maximum atomic E-state index is 2.34. The fourth-order valence-electron chi connectivity index (χ4n) is 2.43. The van der Waals surface area contributed by atoms with Gasteiger partial charge in [-0.3, -0.25) is 0 Å². The van der Waals surface area contributed by atoms with Gasteiger partial charge in [-0.05, 0) is 48.6 Å². The fourth-order valence-corrected chi connectivity index (χ4v) is 2.43. The molecule has 0 saturated heterocycles. The number of benzene rings is 1. The van der Waals surface area contributed by atoms with Crippen molar-refractivity contribution in [2.75, 3.05) is 0 Å². The molecule has 1 aromatic carbocycles. The third kappa shape index (κ3) is 2.55. The molecule has 0 aliphatic heterocycles. The monoisotopic (exact) mass is 214 g/mol. The van der Waals surface area contributed by atoms with Gasteiger partial charge in [0.05, 0.1) is 0 Å². The molecule has 0 heterocycles. The maximum Gasteiger partial charge on any atom is -0.0124 e. The van der Waals surface area contributed by atoms with E-state index >= 15 is 0 Å². The molecule has 2 rings (SSSR count). The molecule has 0 radical (unpaired) electrons. The molecule has 0 bridgehead atoms. The lowest BCUT2D eigenvalue weighted by molar-refractivity contribution is 0.616. The second-order valence-corrected chi connectivity index (χ2v) is 4.96. The van der Waals surface area contributed by atoms with E-state index in [4.69, 9.17) is 0 Å². The van der Waals surface area contributed by atoms with Crippen molar-refractivity contribution < 1.29 is 0 Å². The van der Waals surface area contributed by atoms with E-state index in [9.17, 15) is 0 Å². The van der Waals surface area contributed by atoms with Crippen LogP contribution in [0, 0.1) is 0 Å². The first-order valence-electron chi connectivity index (χ1n) is 6.56. The Morgan fingerprint density at radius 2 is 1.94 bits per heavy atom. The first-order valence-corrected chi connectivity index (χ1v) is 6.56. The first-order chi connectivity index (χ1) is 7.81. The molecule has 0 spiro atoms. The van der Waals surface area contributed by atoms with Crippen molar-refractivity contribution in [2.24, 2.45) is 0 Å². The van der Waals surface area contributed by atoms with Crippen molar-refractivity contribution in [2.45, 2.75) is 51.4 Å². The molecule has 0 heteroatoms. The SMILES string of the molecule is CCC(C)c1ccc(C2CC=CCC2)cc1. The predicted octanol–water partition coefficient (Wildman–Crippen LogP) is 5.02. The summed E-state index contributed by atoms with van der Waals surface area (Å²) in [6.45, 7) is 4.56. The van der Waals surface area contributed by atoms with Gasteiger partial charge in [-0.1, -0.05) is 50.3 Å². The highest BCUT2D eigenvalue weighted by atomic mass is 14.2. The highest BCUT2D eigenvalue weighted by Gasteiger charge is 2.12. The Hall–Kier alpha value is -1.04. The average Bonchev–Trinajstić information content (AvgIpc) is 2.39. The van der Waals surface area contributed by atoms with Crippen LogP contribution >= 0.6 is 0 Å². The van der Waals surface area contributed by atoms with Gasteiger partial charge in [-0.15, -0.1) is 0 Å². The molecule has 2 unspecified atom stereocenters. The third-order valence-corrected chi connectivity index (χ3v) is 3.86. The van der Waals surface area contributed by atoms with Gasteiger partial charge in [0.2, 0.25) is 0 Å². The molecule has 0 amide bonds. The van der Waals surface area contributed by atoms with Gasteiger partial charge < -0.3 is 0 Å².